The normalized spacial score (nSPS) is 16.3. The van der Waals surface area contributed by atoms with Crippen molar-refractivity contribution >= 4 is 24.8 Å². The van der Waals surface area contributed by atoms with Crippen LogP contribution in [0.25, 0.3) is 0 Å². The summed E-state index contributed by atoms with van der Waals surface area (Å²) in [6.07, 6.45) is 2.92. The monoisotopic (exact) mass is 536 g/mol. The third-order valence-electron chi connectivity index (χ3n) is 6.90. The van der Waals surface area contributed by atoms with E-state index in [1.165, 1.54) is 12.0 Å². The maximum atomic E-state index is 13.8. The Balaban J connectivity index is 1.70. The quantitative estimate of drug-likeness (QED) is 0.181. The smallest absolute Gasteiger partial charge is 0.428 e. The Bertz CT molecular complexity index is 1070. The van der Waals surface area contributed by atoms with Crippen molar-refractivity contribution in [1.29, 1.82) is 0 Å². The molecule has 3 atom stereocenters. The summed E-state index contributed by atoms with van der Waals surface area (Å²) in [5, 5.41) is 18.3. The van der Waals surface area contributed by atoms with Crippen molar-refractivity contribution in [3.8, 4) is 0 Å². The number of hydrogen-bond donors (Lipinski definition) is 3. The number of nitrogens with one attached hydrogen (secondary N) is 2. The second kappa shape index (κ2) is 15.8. The van der Waals surface area contributed by atoms with Crippen LogP contribution in [0.4, 0.5) is 0 Å². The molecule has 2 aromatic carbocycles. The molecule has 3 rings (SSSR count). The van der Waals surface area contributed by atoms with Gasteiger partial charge in [0, 0.05) is 33.1 Å². The molecule has 3 amide bonds. The second-order valence-corrected chi connectivity index (χ2v) is 9.75. The molecule has 0 unspecified atom stereocenters. The first-order chi connectivity index (χ1) is 18.9. The summed E-state index contributed by atoms with van der Waals surface area (Å²) in [5.74, 6) is -1.93. The van der Waals surface area contributed by atoms with Crippen LogP contribution in [0.15, 0.2) is 65.8 Å². The van der Waals surface area contributed by atoms with Gasteiger partial charge in [0.15, 0.2) is 0 Å². The molecule has 0 bridgehead atoms. The zero-order valence-corrected chi connectivity index (χ0v) is 22.3. The molecule has 1 aliphatic heterocycles. The predicted molar refractivity (Wildman–Crippen MR) is 148 cm³/mol. The van der Waals surface area contributed by atoms with Gasteiger partial charge in [-0.2, -0.15) is 4.91 Å². The van der Waals surface area contributed by atoms with Gasteiger partial charge in [0.05, 0.1) is 5.94 Å². The number of benzene rings is 2. The van der Waals surface area contributed by atoms with E-state index in [1.54, 1.807) is 0 Å². The Labute approximate surface area is 229 Å². The number of carbonyl (C=O) groups excluding carboxylic acids is 3. The molecule has 0 aromatic heterocycles. The van der Waals surface area contributed by atoms with Gasteiger partial charge in [-0.3, -0.25) is 14.4 Å². The Morgan fingerprint density at radius 1 is 1.08 bits per heavy atom. The number of likely N-dealkylation sites (tertiary alicyclic amines) is 1. The van der Waals surface area contributed by atoms with Gasteiger partial charge in [-0.25, -0.2) is 0 Å². The SMILES string of the molecule is COCCC[C@@H](NC(=O)[C@@H]1CCCN1C(=O)[C@@H](Cc1ccccc1)NC(=O)CCc1ccccc1)B(O)N=O. The Kier molecular flexibility index (Phi) is 12.1. The lowest BCUT2D eigenvalue weighted by molar-refractivity contribution is -0.141. The van der Waals surface area contributed by atoms with Crippen molar-refractivity contribution in [3.63, 3.8) is 0 Å². The predicted octanol–water partition coefficient (Wildman–Crippen LogP) is 2.04. The molecule has 3 N–H and O–H groups in total. The molecule has 11 heteroatoms. The average Bonchev–Trinajstić information content (AvgIpc) is 3.46. The van der Waals surface area contributed by atoms with Gasteiger partial charge < -0.3 is 25.3 Å². The van der Waals surface area contributed by atoms with Crippen LogP contribution in [0, 0.1) is 4.91 Å². The molecule has 10 nitrogen and oxygen atoms in total. The van der Waals surface area contributed by atoms with E-state index in [1.807, 2.05) is 60.7 Å². The number of methoxy groups -OCH3 is 1. The van der Waals surface area contributed by atoms with E-state index in [2.05, 4.69) is 15.7 Å². The molecule has 1 heterocycles. The van der Waals surface area contributed by atoms with Crippen molar-refractivity contribution in [2.24, 2.45) is 5.09 Å². The van der Waals surface area contributed by atoms with Crippen LogP contribution in [0.3, 0.4) is 0 Å². The van der Waals surface area contributed by atoms with Gasteiger partial charge in [-0.1, -0.05) is 65.8 Å². The third kappa shape index (κ3) is 9.29. The molecule has 39 heavy (non-hydrogen) atoms. The van der Waals surface area contributed by atoms with E-state index in [4.69, 9.17) is 4.74 Å². The summed E-state index contributed by atoms with van der Waals surface area (Å²) in [6.45, 7) is 0.766. The largest absolute Gasteiger partial charge is 0.506 e. The Morgan fingerprint density at radius 2 is 1.74 bits per heavy atom. The number of rotatable bonds is 15. The summed E-state index contributed by atoms with van der Waals surface area (Å²) >= 11 is 0. The maximum absolute atomic E-state index is 13.8. The minimum atomic E-state index is -1.61. The zero-order valence-electron chi connectivity index (χ0n) is 22.3. The van der Waals surface area contributed by atoms with Crippen LogP contribution in [-0.4, -0.2) is 73.0 Å². The van der Waals surface area contributed by atoms with Crippen molar-refractivity contribution < 1.29 is 24.1 Å². The van der Waals surface area contributed by atoms with Gasteiger partial charge in [0.2, 0.25) is 17.7 Å². The van der Waals surface area contributed by atoms with E-state index in [-0.39, 0.29) is 24.7 Å². The van der Waals surface area contributed by atoms with E-state index in [0.717, 1.165) is 11.1 Å². The number of amides is 3. The molecule has 2 aromatic rings. The molecule has 208 valence electrons. The van der Waals surface area contributed by atoms with Crippen molar-refractivity contribution in [3.05, 3.63) is 76.7 Å². The summed E-state index contributed by atoms with van der Waals surface area (Å²) < 4.78 is 5.02. The van der Waals surface area contributed by atoms with Crippen LogP contribution >= 0.6 is 0 Å². The van der Waals surface area contributed by atoms with Crippen LogP contribution in [0.1, 0.15) is 43.2 Å². The van der Waals surface area contributed by atoms with Crippen LogP contribution in [0.2, 0.25) is 0 Å². The Morgan fingerprint density at radius 3 is 2.38 bits per heavy atom. The number of carbonyl (C=O) groups is 3. The number of nitrogens with zero attached hydrogens (tertiary/aromatic N) is 2. The molecule has 1 aliphatic rings. The van der Waals surface area contributed by atoms with Crippen molar-refractivity contribution in [2.75, 3.05) is 20.3 Å². The van der Waals surface area contributed by atoms with Crippen molar-refractivity contribution in [1.82, 2.24) is 15.5 Å². The lowest BCUT2D eigenvalue weighted by Gasteiger charge is -2.30. The topological polar surface area (TPSA) is 137 Å². The summed E-state index contributed by atoms with van der Waals surface area (Å²) in [5.41, 5.74) is 1.92. The highest BCUT2D eigenvalue weighted by Gasteiger charge is 2.39. The van der Waals surface area contributed by atoms with Crippen molar-refractivity contribution in [2.45, 2.75) is 63.0 Å². The highest BCUT2D eigenvalue weighted by atomic mass is 16.5. The number of ether oxygens (including phenoxy) is 1. The zero-order chi connectivity index (χ0) is 28.0. The van der Waals surface area contributed by atoms with Crippen LogP contribution < -0.4 is 10.6 Å². The van der Waals surface area contributed by atoms with E-state index in [0.29, 0.717) is 45.3 Å². The Hall–Kier alpha value is -3.57. The molecule has 0 saturated carbocycles. The third-order valence-corrected chi connectivity index (χ3v) is 6.90. The van der Waals surface area contributed by atoms with Gasteiger partial charge in [0.25, 0.3) is 0 Å². The molecular weight excluding hydrogens is 499 g/mol. The van der Waals surface area contributed by atoms with E-state index >= 15 is 0 Å². The molecule has 0 aliphatic carbocycles. The minimum absolute atomic E-state index is 0.228. The van der Waals surface area contributed by atoms with Crippen LogP contribution in [0.5, 0.6) is 0 Å². The highest BCUT2D eigenvalue weighted by molar-refractivity contribution is 6.50. The van der Waals surface area contributed by atoms with Gasteiger partial charge in [0.1, 0.15) is 12.1 Å². The first-order valence-electron chi connectivity index (χ1n) is 13.4. The number of nitroso groups, excluding NO2 is 1. The molecule has 0 radical (unpaired) electrons. The van der Waals surface area contributed by atoms with E-state index < -0.39 is 31.0 Å². The maximum Gasteiger partial charge on any atom is 0.506 e. The number of hydrogen-bond acceptors (Lipinski definition) is 7. The summed E-state index contributed by atoms with van der Waals surface area (Å²) in [4.78, 5) is 52.3. The lowest BCUT2D eigenvalue weighted by atomic mass is 9.72. The first kappa shape index (κ1) is 30.0. The minimum Gasteiger partial charge on any atom is -0.428 e. The molecule has 0 spiro atoms. The highest BCUT2D eigenvalue weighted by Crippen LogP contribution is 2.21. The molecule has 1 saturated heterocycles. The standard InChI is InChI=1S/C28H37BN4O6/c1-39-19-9-15-25(29(37)32-38)31-27(35)24-14-8-18-33(24)28(36)23(20-22-12-6-3-7-13-22)30-26(34)17-16-21-10-4-2-5-11-21/h2-7,10-13,23-25,37H,8-9,14-20H2,1H3,(H,30,34)(H,31,35)/t23-,24+,25-/m1/s1. The fourth-order valence-electron chi connectivity index (χ4n) is 4.82. The van der Waals surface area contributed by atoms with Gasteiger partial charge in [-0.15, -0.1) is 0 Å². The molecular formula is C28H37BN4O6. The summed E-state index contributed by atoms with van der Waals surface area (Å²) in [7, 11) is -0.0675. The van der Waals surface area contributed by atoms with Gasteiger partial charge in [-0.05, 0) is 43.2 Å². The molecule has 1 fully saturated rings. The van der Waals surface area contributed by atoms with Crippen LogP contribution in [-0.2, 0) is 32.0 Å². The van der Waals surface area contributed by atoms with E-state index in [9.17, 15) is 24.3 Å². The van der Waals surface area contributed by atoms with Gasteiger partial charge >= 0.3 is 7.05 Å². The fraction of sp³-hybridized carbons (Fsp3) is 0.464. The fourth-order valence-corrected chi connectivity index (χ4v) is 4.82. The first-order valence-corrected chi connectivity index (χ1v) is 13.4. The number of aryl methyl sites for hydroxylation is 1. The lowest BCUT2D eigenvalue weighted by Crippen LogP contribution is -2.56. The summed E-state index contributed by atoms with van der Waals surface area (Å²) in [6, 6.07) is 17.4. The average molecular weight is 536 g/mol. The second-order valence-electron chi connectivity index (χ2n) is 9.75.